The molecule has 3 N–H and O–H groups in total. The first-order valence-corrected chi connectivity index (χ1v) is 5.41. The maximum atomic E-state index is 6.06. The van der Waals surface area contributed by atoms with Gasteiger partial charge in [0.05, 0.1) is 17.2 Å². The lowest BCUT2D eigenvalue weighted by atomic mass is 10.1. The number of aromatic amines is 1. The third-order valence-electron chi connectivity index (χ3n) is 2.86. The minimum absolute atomic E-state index is 0.763. The number of imidazole rings is 1. The number of para-hydroxylation sites is 1. The monoisotopic (exact) mass is 224 g/mol. The second-order valence-electron chi connectivity index (χ2n) is 4.01. The summed E-state index contributed by atoms with van der Waals surface area (Å²) in [5.74, 6) is 0.786. The Balaban J connectivity index is 2.24. The van der Waals surface area contributed by atoms with E-state index in [1.807, 2.05) is 31.2 Å². The van der Waals surface area contributed by atoms with Crippen LogP contribution in [-0.2, 0) is 0 Å². The second kappa shape index (κ2) is 3.59. The van der Waals surface area contributed by atoms with E-state index in [4.69, 9.17) is 5.73 Å². The Hall–Kier alpha value is -2.36. The lowest BCUT2D eigenvalue weighted by molar-refractivity contribution is 1.32. The minimum Gasteiger partial charge on any atom is -0.398 e. The third-order valence-corrected chi connectivity index (χ3v) is 2.86. The van der Waals surface area contributed by atoms with Crippen molar-refractivity contribution in [2.75, 3.05) is 5.73 Å². The smallest absolute Gasteiger partial charge is 0.140 e. The summed E-state index contributed by atoms with van der Waals surface area (Å²) in [5.41, 5.74) is 10.6. The first-order chi connectivity index (χ1) is 8.25. The van der Waals surface area contributed by atoms with Gasteiger partial charge in [-0.05, 0) is 24.6 Å². The Labute approximate surface area is 98.5 Å². The quantitative estimate of drug-likeness (QED) is 0.624. The van der Waals surface area contributed by atoms with E-state index < -0.39 is 0 Å². The van der Waals surface area contributed by atoms with Crippen molar-refractivity contribution >= 4 is 16.7 Å². The number of benzene rings is 1. The SMILES string of the molecule is Cc1cccc(-c2nc3ccncc3[nH]2)c1N. The van der Waals surface area contributed by atoms with Crippen LogP contribution in [0.3, 0.4) is 0 Å². The Morgan fingerprint density at radius 2 is 2.12 bits per heavy atom. The molecule has 0 bridgehead atoms. The number of nitrogens with one attached hydrogen (secondary N) is 1. The Morgan fingerprint density at radius 1 is 1.24 bits per heavy atom. The number of nitrogens with zero attached hydrogens (tertiary/aromatic N) is 2. The van der Waals surface area contributed by atoms with Crippen LogP contribution in [0, 0.1) is 6.92 Å². The van der Waals surface area contributed by atoms with E-state index in [0.717, 1.165) is 33.7 Å². The minimum atomic E-state index is 0.763. The molecule has 0 saturated carbocycles. The van der Waals surface area contributed by atoms with Gasteiger partial charge in [-0.3, -0.25) is 4.98 Å². The molecule has 0 amide bonds. The van der Waals surface area contributed by atoms with Crippen molar-refractivity contribution in [2.45, 2.75) is 6.92 Å². The maximum Gasteiger partial charge on any atom is 0.140 e. The van der Waals surface area contributed by atoms with Gasteiger partial charge in [0.1, 0.15) is 5.82 Å². The van der Waals surface area contributed by atoms with Crippen LogP contribution in [-0.4, -0.2) is 15.0 Å². The highest BCUT2D eigenvalue weighted by Gasteiger charge is 2.09. The van der Waals surface area contributed by atoms with E-state index in [-0.39, 0.29) is 0 Å². The van der Waals surface area contributed by atoms with E-state index in [1.54, 1.807) is 12.4 Å². The van der Waals surface area contributed by atoms with Crippen molar-refractivity contribution in [3.05, 3.63) is 42.2 Å². The average Bonchev–Trinajstić information content (AvgIpc) is 2.76. The molecule has 1 aromatic carbocycles. The summed E-state index contributed by atoms with van der Waals surface area (Å²) >= 11 is 0. The number of anilines is 1. The van der Waals surface area contributed by atoms with Crippen molar-refractivity contribution in [3.63, 3.8) is 0 Å². The molecular weight excluding hydrogens is 212 g/mol. The van der Waals surface area contributed by atoms with Gasteiger partial charge >= 0.3 is 0 Å². The Bertz CT molecular complexity index is 652. The van der Waals surface area contributed by atoms with Gasteiger partial charge in [0.15, 0.2) is 0 Å². The zero-order valence-electron chi connectivity index (χ0n) is 9.44. The number of aryl methyl sites for hydroxylation is 1. The van der Waals surface area contributed by atoms with Crippen LogP contribution in [0.1, 0.15) is 5.56 Å². The van der Waals surface area contributed by atoms with Crippen LogP contribution in [0.4, 0.5) is 5.69 Å². The molecule has 2 aromatic heterocycles. The van der Waals surface area contributed by atoms with Gasteiger partial charge in [-0.2, -0.15) is 0 Å². The summed E-state index contributed by atoms with van der Waals surface area (Å²) in [4.78, 5) is 11.8. The van der Waals surface area contributed by atoms with Gasteiger partial charge in [-0.1, -0.05) is 12.1 Å². The fourth-order valence-electron chi connectivity index (χ4n) is 1.87. The molecule has 4 heteroatoms. The van der Waals surface area contributed by atoms with E-state index in [1.165, 1.54) is 0 Å². The zero-order valence-corrected chi connectivity index (χ0v) is 9.44. The Kier molecular flexibility index (Phi) is 2.08. The van der Waals surface area contributed by atoms with Crippen LogP contribution in [0.15, 0.2) is 36.7 Å². The molecule has 0 saturated heterocycles. The predicted molar refractivity (Wildman–Crippen MR) is 68.5 cm³/mol. The molecule has 84 valence electrons. The van der Waals surface area contributed by atoms with Gasteiger partial charge in [-0.15, -0.1) is 0 Å². The highest BCUT2D eigenvalue weighted by Crippen LogP contribution is 2.27. The molecular formula is C13H12N4. The topological polar surface area (TPSA) is 67.6 Å². The number of nitrogens with two attached hydrogens (primary N) is 1. The predicted octanol–water partition coefficient (Wildman–Crippen LogP) is 2.52. The number of pyridine rings is 1. The molecule has 0 unspecified atom stereocenters. The second-order valence-corrected chi connectivity index (χ2v) is 4.01. The molecule has 2 heterocycles. The molecule has 3 rings (SSSR count). The standard InChI is InChI=1S/C13H12N4/c1-8-3-2-4-9(12(8)14)13-16-10-5-6-15-7-11(10)17-13/h2-7H,14H2,1H3,(H,16,17). The van der Waals surface area contributed by atoms with Crippen molar-refractivity contribution in [1.82, 2.24) is 15.0 Å². The normalized spacial score (nSPS) is 10.9. The van der Waals surface area contributed by atoms with Crippen LogP contribution in [0.25, 0.3) is 22.4 Å². The average molecular weight is 224 g/mol. The first kappa shape index (κ1) is 9.84. The molecule has 0 atom stereocenters. The highest BCUT2D eigenvalue weighted by molar-refractivity contribution is 5.82. The number of aromatic nitrogens is 3. The fourth-order valence-corrected chi connectivity index (χ4v) is 1.87. The lowest BCUT2D eigenvalue weighted by Crippen LogP contribution is -1.94. The fraction of sp³-hybridized carbons (Fsp3) is 0.0769. The molecule has 17 heavy (non-hydrogen) atoms. The lowest BCUT2D eigenvalue weighted by Gasteiger charge is -2.04. The molecule has 0 spiro atoms. The summed E-state index contributed by atoms with van der Waals surface area (Å²) in [5, 5.41) is 0. The molecule has 3 aromatic rings. The first-order valence-electron chi connectivity index (χ1n) is 5.41. The summed E-state index contributed by atoms with van der Waals surface area (Å²) in [6.07, 6.45) is 3.49. The number of hydrogen-bond acceptors (Lipinski definition) is 3. The van der Waals surface area contributed by atoms with Gasteiger partial charge in [0.25, 0.3) is 0 Å². The van der Waals surface area contributed by atoms with Gasteiger partial charge in [-0.25, -0.2) is 4.98 Å². The van der Waals surface area contributed by atoms with Crippen molar-refractivity contribution < 1.29 is 0 Å². The largest absolute Gasteiger partial charge is 0.398 e. The van der Waals surface area contributed by atoms with E-state index in [9.17, 15) is 0 Å². The molecule has 0 radical (unpaired) electrons. The van der Waals surface area contributed by atoms with E-state index in [0.29, 0.717) is 0 Å². The number of hydrogen-bond donors (Lipinski definition) is 2. The number of H-pyrrole nitrogens is 1. The van der Waals surface area contributed by atoms with Gasteiger partial charge in [0, 0.05) is 17.4 Å². The Morgan fingerprint density at radius 3 is 2.94 bits per heavy atom. The van der Waals surface area contributed by atoms with Gasteiger partial charge < -0.3 is 10.7 Å². The van der Waals surface area contributed by atoms with Crippen molar-refractivity contribution in [2.24, 2.45) is 0 Å². The summed E-state index contributed by atoms with van der Waals surface area (Å²) in [6.45, 7) is 1.99. The molecule has 0 aliphatic carbocycles. The van der Waals surface area contributed by atoms with E-state index in [2.05, 4.69) is 15.0 Å². The summed E-state index contributed by atoms with van der Waals surface area (Å²) in [6, 6.07) is 7.81. The van der Waals surface area contributed by atoms with Gasteiger partial charge in [0.2, 0.25) is 0 Å². The van der Waals surface area contributed by atoms with Crippen LogP contribution >= 0.6 is 0 Å². The number of rotatable bonds is 1. The van der Waals surface area contributed by atoms with Crippen LogP contribution < -0.4 is 5.73 Å². The molecule has 4 nitrogen and oxygen atoms in total. The molecule has 0 aliphatic heterocycles. The number of fused-ring (bicyclic) bond motifs is 1. The van der Waals surface area contributed by atoms with Crippen molar-refractivity contribution in [3.8, 4) is 11.4 Å². The molecule has 0 fully saturated rings. The third kappa shape index (κ3) is 1.54. The van der Waals surface area contributed by atoms with Crippen molar-refractivity contribution in [1.29, 1.82) is 0 Å². The van der Waals surface area contributed by atoms with Crippen LogP contribution in [0.2, 0.25) is 0 Å². The van der Waals surface area contributed by atoms with E-state index >= 15 is 0 Å². The number of nitrogen functional groups attached to an aromatic ring is 1. The summed E-state index contributed by atoms with van der Waals surface area (Å²) in [7, 11) is 0. The molecule has 0 aliphatic rings. The zero-order chi connectivity index (χ0) is 11.8. The van der Waals surface area contributed by atoms with Crippen LogP contribution in [0.5, 0.6) is 0 Å². The summed E-state index contributed by atoms with van der Waals surface area (Å²) < 4.78 is 0. The highest BCUT2D eigenvalue weighted by atomic mass is 14.9. The maximum absolute atomic E-state index is 6.06.